The van der Waals surface area contributed by atoms with Crippen LogP contribution >= 0.6 is 0 Å². The van der Waals surface area contributed by atoms with Gasteiger partial charge in [0.15, 0.2) is 0 Å². The molecule has 2 saturated heterocycles. The van der Waals surface area contributed by atoms with Gasteiger partial charge in [-0.1, -0.05) is 13.8 Å². The maximum Gasteiger partial charge on any atom is 0.0712 e. The number of ether oxygens (including phenoxy) is 1. The van der Waals surface area contributed by atoms with Crippen LogP contribution in [0.2, 0.25) is 0 Å². The molecule has 0 radical (unpaired) electrons. The van der Waals surface area contributed by atoms with Gasteiger partial charge >= 0.3 is 0 Å². The fourth-order valence-corrected chi connectivity index (χ4v) is 2.83. The Morgan fingerprint density at radius 2 is 2.18 bits per heavy atom. The molecular weight excluding hydrogens is 212 g/mol. The summed E-state index contributed by atoms with van der Waals surface area (Å²) in [4.78, 5) is 2.63. The van der Waals surface area contributed by atoms with Gasteiger partial charge in [-0.3, -0.25) is 0 Å². The van der Waals surface area contributed by atoms with Crippen molar-refractivity contribution in [1.29, 1.82) is 0 Å². The van der Waals surface area contributed by atoms with Crippen molar-refractivity contribution in [3.05, 3.63) is 0 Å². The van der Waals surface area contributed by atoms with Crippen LogP contribution in [-0.2, 0) is 4.74 Å². The first kappa shape index (κ1) is 13.3. The van der Waals surface area contributed by atoms with Crippen molar-refractivity contribution in [2.24, 2.45) is 5.41 Å². The molecule has 0 aromatic rings. The molecule has 0 aromatic heterocycles. The Morgan fingerprint density at radius 3 is 2.94 bits per heavy atom. The molecule has 0 aromatic carbocycles. The van der Waals surface area contributed by atoms with E-state index in [-0.39, 0.29) is 0 Å². The van der Waals surface area contributed by atoms with E-state index in [1.54, 1.807) is 0 Å². The molecule has 2 heterocycles. The average Bonchev–Trinajstić information content (AvgIpc) is 2.49. The first-order valence-electron chi connectivity index (χ1n) is 7.20. The fraction of sp³-hybridized carbons (Fsp3) is 1.00. The molecule has 0 spiro atoms. The molecule has 2 fully saturated rings. The summed E-state index contributed by atoms with van der Waals surface area (Å²) in [7, 11) is 0. The van der Waals surface area contributed by atoms with Crippen LogP contribution in [0.15, 0.2) is 0 Å². The number of morpholine rings is 1. The van der Waals surface area contributed by atoms with Gasteiger partial charge in [-0.05, 0) is 44.2 Å². The van der Waals surface area contributed by atoms with Crippen molar-refractivity contribution >= 4 is 0 Å². The highest BCUT2D eigenvalue weighted by atomic mass is 16.5. The Balaban J connectivity index is 1.68. The van der Waals surface area contributed by atoms with Crippen LogP contribution in [0, 0.1) is 5.41 Å². The van der Waals surface area contributed by atoms with Crippen LogP contribution in [-0.4, -0.2) is 50.3 Å². The molecule has 0 aliphatic carbocycles. The molecule has 3 heteroatoms. The number of hydrogen-bond donors (Lipinski definition) is 1. The molecule has 0 bridgehead atoms. The molecular formula is C14H28N2O. The summed E-state index contributed by atoms with van der Waals surface area (Å²) in [6.45, 7) is 11.5. The van der Waals surface area contributed by atoms with Gasteiger partial charge in [0.1, 0.15) is 0 Å². The van der Waals surface area contributed by atoms with Gasteiger partial charge < -0.3 is 15.0 Å². The average molecular weight is 240 g/mol. The van der Waals surface area contributed by atoms with Crippen molar-refractivity contribution in [3.63, 3.8) is 0 Å². The Morgan fingerprint density at radius 1 is 1.29 bits per heavy atom. The zero-order chi connectivity index (χ0) is 12.1. The number of rotatable bonds is 3. The lowest BCUT2D eigenvalue weighted by Gasteiger charge is -2.27. The zero-order valence-corrected chi connectivity index (χ0v) is 11.5. The maximum absolute atomic E-state index is 5.75. The number of hydrogen-bond acceptors (Lipinski definition) is 3. The monoisotopic (exact) mass is 240 g/mol. The minimum absolute atomic E-state index is 0.444. The van der Waals surface area contributed by atoms with E-state index >= 15 is 0 Å². The molecule has 2 rings (SSSR count). The second kappa shape index (κ2) is 6.17. The van der Waals surface area contributed by atoms with Gasteiger partial charge in [-0.15, -0.1) is 0 Å². The molecule has 2 aliphatic rings. The van der Waals surface area contributed by atoms with Crippen LogP contribution in [0.4, 0.5) is 0 Å². The SMILES string of the molecule is CC1(C)CCCN(CCC2CNCCO2)CC1. The molecule has 0 amide bonds. The summed E-state index contributed by atoms with van der Waals surface area (Å²) in [5, 5.41) is 3.40. The van der Waals surface area contributed by atoms with Crippen LogP contribution < -0.4 is 5.32 Å². The van der Waals surface area contributed by atoms with Crippen molar-refractivity contribution < 1.29 is 4.74 Å². The number of nitrogens with one attached hydrogen (secondary N) is 1. The lowest BCUT2D eigenvalue weighted by molar-refractivity contribution is 0.0174. The van der Waals surface area contributed by atoms with Crippen LogP contribution in [0.3, 0.4) is 0 Å². The lowest BCUT2D eigenvalue weighted by atomic mass is 9.85. The third-order valence-corrected chi connectivity index (χ3v) is 4.20. The summed E-state index contributed by atoms with van der Waals surface area (Å²) in [5.41, 5.74) is 0.553. The standard InChI is InChI=1S/C14H28N2O/c1-14(2)5-3-8-16(10-6-14)9-4-13-12-15-7-11-17-13/h13,15H,3-12H2,1-2H3. The predicted octanol–water partition coefficient (Wildman–Crippen LogP) is 1.88. The smallest absolute Gasteiger partial charge is 0.0712 e. The Bertz CT molecular complexity index is 224. The molecule has 100 valence electrons. The predicted molar refractivity (Wildman–Crippen MR) is 71.3 cm³/mol. The van der Waals surface area contributed by atoms with Gasteiger partial charge in [0.05, 0.1) is 12.7 Å². The summed E-state index contributed by atoms with van der Waals surface area (Å²) < 4.78 is 5.75. The fourth-order valence-electron chi connectivity index (χ4n) is 2.83. The van der Waals surface area contributed by atoms with Gasteiger partial charge in [0.2, 0.25) is 0 Å². The summed E-state index contributed by atoms with van der Waals surface area (Å²) in [6.07, 6.45) is 5.71. The van der Waals surface area contributed by atoms with E-state index in [0.29, 0.717) is 11.5 Å². The highest BCUT2D eigenvalue weighted by Crippen LogP contribution is 2.29. The largest absolute Gasteiger partial charge is 0.376 e. The summed E-state index contributed by atoms with van der Waals surface area (Å²) in [6, 6.07) is 0. The summed E-state index contributed by atoms with van der Waals surface area (Å²) in [5.74, 6) is 0. The third kappa shape index (κ3) is 4.57. The van der Waals surface area contributed by atoms with E-state index < -0.39 is 0 Å². The van der Waals surface area contributed by atoms with Gasteiger partial charge in [-0.25, -0.2) is 0 Å². The van der Waals surface area contributed by atoms with Crippen molar-refractivity contribution in [1.82, 2.24) is 10.2 Å². The zero-order valence-electron chi connectivity index (χ0n) is 11.5. The quantitative estimate of drug-likeness (QED) is 0.815. The molecule has 3 nitrogen and oxygen atoms in total. The molecule has 1 unspecified atom stereocenters. The normalized spacial score (nSPS) is 31.1. The topological polar surface area (TPSA) is 24.5 Å². The summed E-state index contributed by atoms with van der Waals surface area (Å²) >= 11 is 0. The molecule has 17 heavy (non-hydrogen) atoms. The Hall–Kier alpha value is -0.120. The second-order valence-corrected chi connectivity index (χ2v) is 6.35. The number of nitrogens with zero attached hydrogens (tertiary/aromatic N) is 1. The molecule has 1 atom stereocenters. The first-order chi connectivity index (χ1) is 8.16. The highest BCUT2D eigenvalue weighted by molar-refractivity contribution is 4.77. The van der Waals surface area contributed by atoms with Crippen LogP contribution in [0.25, 0.3) is 0 Å². The van der Waals surface area contributed by atoms with Gasteiger partial charge in [-0.2, -0.15) is 0 Å². The van der Waals surface area contributed by atoms with E-state index in [4.69, 9.17) is 4.74 Å². The van der Waals surface area contributed by atoms with Crippen molar-refractivity contribution in [3.8, 4) is 0 Å². The second-order valence-electron chi connectivity index (χ2n) is 6.35. The Labute approximate surface area is 106 Å². The van der Waals surface area contributed by atoms with E-state index in [1.165, 1.54) is 45.3 Å². The van der Waals surface area contributed by atoms with E-state index in [2.05, 4.69) is 24.1 Å². The highest BCUT2D eigenvalue weighted by Gasteiger charge is 2.23. The minimum Gasteiger partial charge on any atom is -0.376 e. The first-order valence-corrected chi connectivity index (χ1v) is 7.20. The van der Waals surface area contributed by atoms with Gasteiger partial charge in [0, 0.05) is 19.6 Å². The van der Waals surface area contributed by atoms with Crippen molar-refractivity contribution in [2.45, 2.75) is 45.6 Å². The van der Waals surface area contributed by atoms with E-state index in [0.717, 1.165) is 19.7 Å². The van der Waals surface area contributed by atoms with E-state index in [9.17, 15) is 0 Å². The van der Waals surface area contributed by atoms with E-state index in [1.807, 2.05) is 0 Å². The van der Waals surface area contributed by atoms with Crippen molar-refractivity contribution in [2.75, 3.05) is 39.3 Å². The van der Waals surface area contributed by atoms with Gasteiger partial charge in [0.25, 0.3) is 0 Å². The maximum atomic E-state index is 5.75. The molecule has 0 saturated carbocycles. The third-order valence-electron chi connectivity index (χ3n) is 4.20. The van der Waals surface area contributed by atoms with Crippen LogP contribution in [0.5, 0.6) is 0 Å². The molecule has 1 N–H and O–H groups in total. The molecule has 2 aliphatic heterocycles. The lowest BCUT2D eigenvalue weighted by Crippen LogP contribution is -2.40. The van der Waals surface area contributed by atoms with Crippen LogP contribution in [0.1, 0.15) is 39.5 Å². The minimum atomic E-state index is 0.444. The number of likely N-dealkylation sites (tertiary alicyclic amines) is 1. The Kier molecular flexibility index (Phi) is 4.83.